The van der Waals surface area contributed by atoms with E-state index in [4.69, 9.17) is 9.47 Å². The van der Waals surface area contributed by atoms with Gasteiger partial charge in [-0.15, -0.1) is 0 Å². The number of fused-ring (bicyclic) bond motifs is 1. The second-order valence-corrected chi connectivity index (χ2v) is 12.3. The molecule has 14 heteroatoms. The van der Waals surface area contributed by atoms with Crippen molar-refractivity contribution in [3.63, 3.8) is 0 Å². The first-order valence-corrected chi connectivity index (χ1v) is 15.4. The van der Waals surface area contributed by atoms with Crippen LogP contribution in [0.1, 0.15) is 23.2 Å². The van der Waals surface area contributed by atoms with Gasteiger partial charge in [-0.3, -0.25) is 19.8 Å². The number of ether oxygens (including phenoxy) is 2. The highest BCUT2D eigenvalue weighted by atomic mass is 32.2. The van der Waals surface area contributed by atoms with Crippen molar-refractivity contribution in [2.45, 2.75) is 23.8 Å². The highest BCUT2D eigenvalue weighted by Gasteiger charge is 2.30. The van der Waals surface area contributed by atoms with Crippen LogP contribution in [0.25, 0.3) is 11.0 Å². The van der Waals surface area contributed by atoms with Crippen LogP contribution in [0.5, 0.6) is 11.5 Å². The van der Waals surface area contributed by atoms with E-state index in [1.165, 1.54) is 30.5 Å². The van der Waals surface area contributed by atoms with Crippen LogP contribution in [0.2, 0.25) is 0 Å². The number of amides is 1. The van der Waals surface area contributed by atoms with Crippen molar-refractivity contribution in [3.05, 3.63) is 82.7 Å². The molecule has 3 N–H and O–H groups in total. The van der Waals surface area contributed by atoms with Crippen molar-refractivity contribution in [1.29, 1.82) is 0 Å². The van der Waals surface area contributed by atoms with Gasteiger partial charge in [0.2, 0.25) is 0 Å². The number of hydrogen-bond acceptors (Lipinski definition) is 10. The third-order valence-corrected chi connectivity index (χ3v) is 9.13. The number of hydrogen-bond donors (Lipinski definition) is 3. The molecule has 13 nitrogen and oxygen atoms in total. The summed E-state index contributed by atoms with van der Waals surface area (Å²) in [5.74, 6) is -0.143. The predicted octanol–water partition coefficient (Wildman–Crippen LogP) is 3.90. The van der Waals surface area contributed by atoms with E-state index in [9.17, 15) is 23.3 Å². The molecule has 2 fully saturated rings. The fraction of sp³-hybridized carbons (Fsp3) is 0.310. The van der Waals surface area contributed by atoms with E-state index in [2.05, 4.69) is 20.2 Å². The number of carbonyl (C=O) groups is 1. The van der Waals surface area contributed by atoms with Crippen LogP contribution in [0.4, 0.5) is 11.4 Å². The third kappa shape index (κ3) is 6.30. The van der Waals surface area contributed by atoms with Crippen LogP contribution in [-0.2, 0) is 14.8 Å². The minimum absolute atomic E-state index is 0.0380. The molecule has 4 aromatic rings. The van der Waals surface area contributed by atoms with Gasteiger partial charge < -0.3 is 19.8 Å². The highest BCUT2D eigenvalue weighted by molar-refractivity contribution is 7.90. The summed E-state index contributed by atoms with van der Waals surface area (Å²) in [6, 6.07) is 13.7. The smallest absolute Gasteiger partial charge is 0.293 e. The van der Waals surface area contributed by atoms with Gasteiger partial charge in [-0.25, -0.2) is 18.1 Å². The first kappa shape index (κ1) is 28.6. The lowest BCUT2D eigenvalue weighted by molar-refractivity contribution is -0.384. The summed E-state index contributed by atoms with van der Waals surface area (Å²) in [4.78, 5) is 33.6. The van der Waals surface area contributed by atoms with E-state index >= 15 is 0 Å². The van der Waals surface area contributed by atoms with Crippen LogP contribution < -0.4 is 14.8 Å². The lowest BCUT2D eigenvalue weighted by Crippen LogP contribution is -2.52. The largest absolute Gasteiger partial charge is 0.455 e. The number of para-hydroxylation sites is 1. The van der Waals surface area contributed by atoms with Crippen molar-refractivity contribution in [2.75, 3.05) is 38.2 Å². The molecule has 0 unspecified atom stereocenters. The van der Waals surface area contributed by atoms with Gasteiger partial charge in [-0.2, -0.15) is 0 Å². The van der Waals surface area contributed by atoms with Crippen LogP contribution in [-0.4, -0.2) is 73.0 Å². The molecular formula is C29H30N6O7S. The second kappa shape index (κ2) is 12.0. The van der Waals surface area contributed by atoms with Gasteiger partial charge in [0.05, 0.1) is 40.8 Å². The molecule has 2 aromatic carbocycles. The Morgan fingerprint density at radius 2 is 1.93 bits per heavy atom. The minimum atomic E-state index is -4.46. The average molecular weight is 607 g/mol. The van der Waals surface area contributed by atoms with Gasteiger partial charge in [0, 0.05) is 24.2 Å². The molecule has 224 valence electrons. The molecule has 2 aliphatic rings. The fourth-order valence-corrected chi connectivity index (χ4v) is 6.26. The Morgan fingerprint density at radius 1 is 1.14 bits per heavy atom. The molecule has 0 radical (unpaired) electrons. The second-order valence-electron chi connectivity index (χ2n) is 10.6. The standard InChI is InChI=1S/C29H30N6O7S/c36-29(24-3-1-2-4-27(24)42-22-13-20-7-10-30-28(20)32-16-22)33-43(39,40)23-5-6-25(26(14-23)35(37)38)31-15-19-8-11-34(12-9-19)21-17-41-18-21/h1-7,10,13-14,16,19,21,31H,8-9,11-12,15,17-18H2,(H,30,32)(H,33,36). The molecule has 0 aliphatic carbocycles. The van der Waals surface area contributed by atoms with Crippen LogP contribution in [0.15, 0.2) is 71.9 Å². The first-order valence-electron chi connectivity index (χ1n) is 13.9. The number of rotatable bonds is 10. The molecule has 0 atom stereocenters. The van der Waals surface area contributed by atoms with Gasteiger partial charge in [-0.1, -0.05) is 12.1 Å². The molecule has 6 rings (SSSR count). The van der Waals surface area contributed by atoms with E-state index in [1.807, 2.05) is 10.8 Å². The number of nitrogens with one attached hydrogen (secondary N) is 3. The van der Waals surface area contributed by atoms with Crippen molar-refractivity contribution >= 4 is 38.3 Å². The molecule has 1 amide bonds. The number of carbonyl (C=O) groups excluding carboxylic acids is 1. The molecule has 0 saturated carbocycles. The number of nitro groups is 1. The molecule has 0 spiro atoms. The number of H-pyrrole nitrogens is 1. The lowest BCUT2D eigenvalue weighted by atomic mass is 9.95. The Kier molecular flexibility index (Phi) is 7.97. The first-order chi connectivity index (χ1) is 20.8. The maximum atomic E-state index is 13.2. The van der Waals surface area contributed by atoms with E-state index in [0.29, 0.717) is 29.9 Å². The molecule has 43 heavy (non-hydrogen) atoms. The summed E-state index contributed by atoms with van der Waals surface area (Å²) in [5.41, 5.74) is 0.455. The Hall–Kier alpha value is -4.53. The maximum Gasteiger partial charge on any atom is 0.293 e. The Balaban J connectivity index is 1.13. The number of nitrogens with zero attached hydrogens (tertiary/aromatic N) is 3. The Morgan fingerprint density at radius 3 is 2.67 bits per heavy atom. The summed E-state index contributed by atoms with van der Waals surface area (Å²) in [7, 11) is -4.46. The number of benzene rings is 2. The van der Waals surface area contributed by atoms with Gasteiger partial charge in [0.15, 0.2) is 0 Å². The van der Waals surface area contributed by atoms with Crippen molar-refractivity contribution in [1.82, 2.24) is 19.6 Å². The monoisotopic (exact) mass is 606 g/mol. The van der Waals surface area contributed by atoms with Gasteiger partial charge in [-0.05, 0) is 68.2 Å². The zero-order valence-corrected chi connectivity index (χ0v) is 23.9. The summed E-state index contributed by atoms with van der Waals surface area (Å²) < 4.78 is 39.5. The van der Waals surface area contributed by atoms with E-state index in [1.54, 1.807) is 24.4 Å². The number of likely N-dealkylation sites (tertiary alicyclic amines) is 1. The number of pyridine rings is 1. The van der Waals surface area contributed by atoms with Crippen molar-refractivity contribution < 1.29 is 27.6 Å². The van der Waals surface area contributed by atoms with Gasteiger partial charge >= 0.3 is 0 Å². The number of sulfonamides is 1. The zero-order valence-electron chi connectivity index (χ0n) is 23.1. The summed E-state index contributed by atoms with van der Waals surface area (Å²) in [5, 5.41) is 15.8. The molecule has 0 bridgehead atoms. The molecular weight excluding hydrogens is 576 g/mol. The third-order valence-electron chi connectivity index (χ3n) is 7.80. The summed E-state index contributed by atoms with van der Waals surface area (Å²) in [6.07, 6.45) is 5.13. The molecule has 2 aliphatic heterocycles. The molecule has 4 heterocycles. The van der Waals surface area contributed by atoms with E-state index in [0.717, 1.165) is 50.6 Å². The van der Waals surface area contributed by atoms with Crippen LogP contribution in [0, 0.1) is 16.0 Å². The quantitative estimate of drug-likeness (QED) is 0.178. The zero-order chi connectivity index (χ0) is 30.0. The van der Waals surface area contributed by atoms with Gasteiger partial charge in [0.1, 0.15) is 22.8 Å². The molecule has 2 aromatic heterocycles. The lowest BCUT2D eigenvalue weighted by Gasteiger charge is -2.41. The Labute approximate surface area is 247 Å². The highest BCUT2D eigenvalue weighted by Crippen LogP contribution is 2.30. The fourth-order valence-electron chi connectivity index (χ4n) is 5.27. The van der Waals surface area contributed by atoms with Crippen molar-refractivity contribution in [3.8, 4) is 11.5 Å². The topological polar surface area (TPSA) is 169 Å². The normalized spacial score (nSPS) is 16.5. The van der Waals surface area contributed by atoms with E-state index in [-0.39, 0.29) is 17.0 Å². The molecule has 2 saturated heterocycles. The number of piperidine rings is 1. The number of anilines is 1. The summed E-state index contributed by atoms with van der Waals surface area (Å²) >= 11 is 0. The average Bonchev–Trinajstić information content (AvgIpc) is 3.44. The summed E-state index contributed by atoms with van der Waals surface area (Å²) in [6.45, 7) is 3.98. The minimum Gasteiger partial charge on any atom is -0.455 e. The van der Waals surface area contributed by atoms with Gasteiger partial charge in [0.25, 0.3) is 21.6 Å². The van der Waals surface area contributed by atoms with E-state index < -0.39 is 31.4 Å². The Bertz CT molecular complexity index is 1760. The SMILES string of the molecule is O=C(NS(=O)(=O)c1ccc(NCC2CCN(C3COC3)CC2)c([N+](=O)[O-])c1)c1ccccc1Oc1cnc2[nH]ccc2c1. The maximum absolute atomic E-state index is 13.2. The number of aromatic amines is 1. The van der Waals surface area contributed by atoms with Crippen LogP contribution in [0.3, 0.4) is 0 Å². The number of nitro benzene ring substituents is 1. The van der Waals surface area contributed by atoms with Crippen LogP contribution >= 0.6 is 0 Å². The van der Waals surface area contributed by atoms with Crippen molar-refractivity contribution in [2.24, 2.45) is 5.92 Å². The number of aromatic nitrogens is 2. The predicted molar refractivity (Wildman–Crippen MR) is 158 cm³/mol.